The molecule has 0 aliphatic carbocycles. The minimum Gasteiger partial charge on any atom is -0.486 e. The van der Waals surface area contributed by atoms with E-state index in [0.29, 0.717) is 13.2 Å². The zero-order chi connectivity index (χ0) is 14.8. The van der Waals surface area contributed by atoms with Gasteiger partial charge in [0, 0.05) is 9.37 Å². The molecule has 0 spiro atoms. The van der Waals surface area contributed by atoms with Crippen molar-refractivity contribution >= 4 is 43.6 Å². The van der Waals surface area contributed by atoms with E-state index in [1.54, 1.807) is 11.8 Å². The Hall–Kier alpha value is -0.650. The lowest BCUT2D eigenvalue weighted by atomic mass is 10.0. The number of hydrogen-bond acceptors (Lipinski definition) is 3. The van der Waals surface area contributed by atoms with E-state index in [1.165, 1.54) is 10.5 Å². The van der Waals surface area contributed by atoms with Crippen LogP contribution in [0.15, 0.2) is 45.8 Å². The molecule has 1 aliphatic heterocycles. The molecule has 2 aromatic carbocycles. The van der Waals surface area contributed by atoms with Gasteiger partial charge in [0.1, 0.15) is 13.2 Å². The lowest BCUT2D eigenvalue weighted by Crippen LogP contribution is -2.15. The van der Waals surface area contributed by atoms with Gasteiger partial charge in [0.15, 0.2) is 11.5 Å². The normalized spacial score (nSPS) is 14.8. The highest BCUT2D eigenvalue weighted by molar-refractivity contribution is 9.11. The number of alkyl halides is 1. The summed E-state index contributed by atoms with van der Waals surface area (Å²) in [6, 6.07) is 12.6. The van der Waals surface area contributed by atoms with E-state index in [1.807, 2.05) is 12.1 Å². The molecule has 2 nitrogen and oxygen atoms in total. The Labute approximate surface area is 145 Å². The van der Waals surface area contributed by atoms with Crippen LogP contribution in [0, 0.1) is 0 Å². The fourth-order valence-corrected chi connectivity index (χ4v) is 4.18. The van der Waals surface area contributed by atoms with Crippen LogP contribution in [-0.2, 0) is 0 Å². The quantitative estimate of drug-likeness (QED) is 0.478. The number of hydrogen-bond donors (Lipinski definition) is 0. The summed E-state index contributed by atoms with van der Waals surface area (Å²) in [5, 5.41) is 0. The van der Waals surface area contributed by atoms with Crippen molar-refractivity contribution in [3.05, 3.63) is 52.0 Å². The summed E-state index contributed by atoms with van der Waals surface area (Å²) in [5.74, 6) is 1.61. The van der Waals surface area contributed by atoms with Gasteiger partial charge in [-0.1, -0.05) is 44.0 Å². The second-order valence-electron chi connectivity index (χ2n) is 4.65. The second-order valence-corrected chi connectivity index (χ2v) is 7.30. The fraction of sp³-hybridized carbons (Fsp3) is 0.250. The molecule has 1 heterocycles. The summed E-state index contributed by atoms with van der Waals surface area (Å²) >= 11 is 9.16. The molecule has 21 heavy (non-hydrogen) atoms. The molecule has 1 aliphatic rings. The molecule has 0 aromatic heterocycles. The average Bonchev–Trinajstić information content (AvgIpc) is 2.53. The van der Waals surface area contributed by atoms with Gasteiger partial charge in [0.05, 0.1) is 4.83 Å². The average molecular weight is 430 g/mol. The van der Waals surface area contributed by atoms with Crippen molar-refractivity contribution in [3.63, 3.8) is 0 Å². The first-order chi connectivity index (χ1) is 10.2. The van der Waals surface area contributed by atoms with Crippen LogP contribution in [0.2, 0.25) is 0 Å². The number of halogens is 2. The number of rotatable bonds is 3. The Bertz CT molecular complexity index is 643. The maximum Gasteiger partial charge on any atom is 0.162 e. The minimum absolute atomic E-state index is 0.110. The van der Waals surface area contributed by atoms with Gasteiger partial charge in [0.25, 0.3) is 0 Å². The molecule has 1 atom stereocenters. The van der Waals surface area contributed by atoms with E-state index in [9.17, 15) is 0 Å². The highest BCUT2D eigenvalue weighted by atomic mass is 79.9. The molecule has 0 N–H and O–H groups in total. The van der Waals surface area contributed by atoms with Crippen LogP contribution in [0.25, 0.3) is 0 Å². The van der Waals surface area contributed by atoms with Crippen molar-refractivity contribution in [1.29, 1.82) is 0 Å². The van der Waals surface area contributed by atoms with Crippen LogP contribution in [0.1, 0.15) is 16.0 Å². The van der Waals surface area contributed by atoms with Crippen LogP contribution in [0.5, 0.6) is 11.5 Å². The van der Waals surface area contributed by atoms with Gasteiger partial charge in [-0.15, -0.1) is 11.8 Å². The molecule has 0 radical (unpaired) electrons. The molecular formula is C16H14Br2O2S. The van der Waals surface area contributed by atoms with Gasteiger partial charge in [-0.3, -0.25) is 0 Å². The van der Waals surface area contributed by atoms with Crippen molar-refractivity contribution < 1.29 is 9.47 Å². The predicted molar refractivity (Wildman–Crippen MR) is 94.1 cm³/mol. The summed E-state index contributed by atoms with van der Waals surface area (Å²) in [5.41, 5.74) is 2.35. The van der Waals surface area contributed by atoms with Crippen molar-refractivity contribution in [2.45, 2.75) is 9.72 Å². The molecule has 1 unspecified atom stereocenters. The zero-order valence-electron chi connectivity index (χ0n) is 11.4. The van der Waals surface area contributed by atoms with Crippen LogP contribution in [0.3, 0.4) is 0 Å². The van der Waals surface area contributed by atoms with Crippen LogP contribution in [-0.4, -0.2) is 19.5 Å². The first-order valence-corrected chi connectivity index (χ1v) is 9.49. The number of thioether (sulfide) groups is 1. The number of ether oxygens (including phenoxy) is 2. The third kappa shape index (κ3) is 3.25. The molecule has 0 bridgehead atoms. The Kier molecular flexibility index (Phi) is 4.82. The van der Waals surface area contributed by atoms with Crippen molar-refractivity contribution in [1.82, 2.24) is 0 Å². The fourth-order valence-electron chi connectivity index (χ4n) is 2.23. The van der Waals surface area contributed by atoms with Gasteiger partial charge >= 0.3 is 0 Å². The number of benzene rings is 2. The van der Waals surface area contributed by atoms with Crippen LogP contribution < -0.4 is 9.47 Å². The maximum absolute atomic E-state index is 5.67. The van der Waals surface area contributed by atoms with E-state index < -0.39 is 0 Å². The Balaban J connectivity index is 1.94. The Morgan fingerprint density at radius 1 is 1.05 bits per heavy atom. The van der Waals surface area contributed by atoms with E-state index in [0.717, 1.165) is 21.5 Å². The molecule has 0 saturated carbocycles. The molecule has 2 aromatic rings. The van der Waals surface area contributed by atoms with E-state index in [2.05, 4.69) is 62.4 Å². The highest BCUT2D eigenvalue weighted by Crippen LogP contribution is 2.42. The summed E-state index contributed by atoms with van der Waals surface area (Å²) in [6.07, 6.45) is 2.08. The van der Waals surface area contributed by atoms with Crippen molar-refractivity contribution in [2.24, 2.45) is 0 Å². The van der Waals surface area contributed by atoms with Gasteiger partial charge < -0.3 is 9.47 Å². The standard InChI is InChI=1S/C16H14Br2O2S/c1-21-11-4-2-10(3-5-11)16(18)12-8-14-15(9-13(12)17)20-7-6-19-14/h2-5,8-9,16H,6-7H2,1H3. The lowest BCUT2D eigenvalue weighted by Gasteiger charge is -2.21. The predicted octanol–water partition coefficient (Wildman–Crippen LogP) is 5.43. The highest BCUT2D eigenvalue weighted by Gasteiger charge is 2.20. The SMILES string of the molecule is CSc1ccc(C(Br)c2cc3c(cc2Br)OCCO3)cc1. The summed E-state index contributed by atoms with van der Waals surface area (Å²) in [6.45, 7) is 1.20. The van der Waals surface area contributed by atoms with E-state index >= 15 is 0 Å². The van der Waals surface area contributed by atoms with Crippen LogP contribution in [0.4, 0.5) is 0 Å². The molecule has 5 heteroatoms. The smallest absolute Gasteiger partial charge is 0.162 e. The molecule has 3 rings (SSSR count). The van der Waals surface area contributed by atoms with Gasteiger partial charge in [0.2, 0.25) is 0 Å². The third-order valence-electron chi connectivity index (χ3n) is 3.34. The summed E-state index contributed by atoms with van der Waals surface area (Å²) in [4.78, 5) is 1.37. The summed E-state index contributed by atoms with van der Waals surface area (Å²) < 4.78 is 12.3. The van der Waals surface area contributed by atoms with Crippen molar-refractivity contribution in [2.75, 3.05) is 19.5 Å². The lowest BCUT2D eigenvalue weighted by molar-refractivity contribution is 0.171. The van der Waals surface area contributed by atoms with Crippen molar-refractivity contribution in [3.8, 4) is 11.5 Å². The molecule has 0 fully saturated rings. The number of fused-ring (bicyclic) bond motifs is 1. The monoisotopic (exact) mass is 428 g/mol. The molecular weight excluding hydrogens is 416 g/mol. The van der Waals surface area contributed by atoms with Gasteiger partial charge in [-0.25, -0.2) is 0 Å². The largest absolute Gasteiger partial charge is 0.486 e. The van der Waals surface area contributed by atoms with Gasteiger partial charge in [-0.05, 0) is 41.6 Å². The third-order valence-corrected chi connectivity index (χ3v) is 5.80. The van der Waals surface area contributed by atoms with Gasteiger partial charge in [-0.2, -0.15) is 0 Å². The minimum atomic E-state index is 0.110. The maximum atomic E-state index is 5.67. The topological polar surface area (TPSA) is 18.5 Å². The van der Waals surface area contributed by atoms with Crippen LogP contribution >= 0.6 is 43.6 Å². The first-order valence-electron chi connectivity index (χ1n) is 6.56. The Morgan fingerprint density at radius 3 is 2.29 bits per heavy atom. The summed E-state index contributed by atoms with van der Waals surface area (Å²) in [7, 11) is 0. The van der Waals surface area contributed by atoms with E-state index in [-0.39, 0.29) is 4.83 Å². The zero-order valence-corrected chi connectivity index (χ0v) is 15.4. The molecule has 0 amide bonds. The van der Waals surface area contributed by atoms with E-state index in [4.69, 9.17) is 9.47 Å². The molecule has 0 saturated heterocycles. The first kappa shape index (κ1) is 15.3. The Morgan fingerprint density at radius 2 is 1.67 bits per heavy atom. The molecule has 110 valence electrons. The second kappa shape index (κ2) is 6.63.